The standard InChI is InChI=1S/3C12H16F2.4C12H17F.C12H18.C11H17N.C10H15NO.CH4/c1-8-9(7-12(2,3)4)5-10(13)6-11(8)14;1-8-9(7-12(2,3)4)11(14)6-5-10(8)13;1-8-9(7-12(2,3)4)5-6-10(13)11(8)14;1-9-7-11(13)6-5-10(9)8-12(2,3)4;1-9-5-6-11(13)7-10(9)8-12(2,3)4;1-9-10(8-12(2,3)4)6-5-7-11(9)13;1-9-6-5-7-11(13)10(9)8-12(2,3)4;1-10-7-5-6-8-11(10)9-12(2,3)4;1-9-8-12-6-5-10(9)7-11(2,3)4;1-10(2,3)7-8-9(12)5-4-6-11-8;/h3*5-6H,7H2,1-4H3;4*5-7H,8H2,1-4H3;5-8H,9H2,1-4H3;5-6,8H,7H2,1-4H3;4-6,12H,7H2,1-3H3;1H4. The van der Waals surface area contributed by atoms with Gasteiger partial charge < -0.3 is 5.11 Å². The number of benzene rings is 8. The van der Waals surface area contributed by atoms with Crippen LogP contribution in [0.1, 0.15) is 321 Å². The molecule has 0 saturated heterocycles. The molecule has 0 fully saturated rings. The van der Waals surface area contributed by atoms with Crippen molar-refractivity contribution in [2.45, 2.75) is 342 Å². The highest BCUT2D eigenvalue weighted by Crippen LogP contribution is 2.33. The SMILES string of the molecule is C.CC(C)(C)Cc1ncccc1O.Cc1c(CC(C)(C)C)ccc(F)c1F.Cc1c(F)cc(F)cc1CC(C)(C)C.Cc1c(F)ccc(F)c1CC(C)(C)C.Cc1c(F)cccc1CC(C)(C)C.Cc1cc(F)ccc1CC(C)(C)C.Cc1ccc(F)cc1CC(C)(C)C.Cc1cccc(F)c1CC(C)(C)C.Cc1ccccc1CC(C)(C)C.Cc1cnccc1CC(C)(C)C. The molecule has 0 aliphatic carbocycles. The highest BCUT2D eigenvalue weighted by molar-refractivity contribution is 5.35. The number of aryl methyl sites for hydroxylation is 5. The summed E-state index contributed by atoms with van der Waals surface area (Å²) in [6.45, 7) is 81.4. The van der Waals surface area contributed by atoms with Gasteiger partial charge in [-0.3, -0.25) is 9.97 Å². The maximum absolute atomic E-state index is 13.4. The van der Waals surface area contributed by atoms with E-state index in [2.05, 4.69) is 241 Å². The number of hydrogen-bond acceptors (Lipinski definition) is 3. The van der Waals surface area contributed by atoms with E-state index in [9.17, 15) is 49.0 Å². The molecule has 0 aliphatic heterocycles. The van der Waals surface area contributed by atoms with Gasteiger partial charge in [-0.2, -0.15) is 0 Å². The summed E-state index contributed by atoms with van der Waals surface area (Å²) in [4.78, 5) is 8.19. The van der Waals surface area contributed by atoms with Crippen molar-refractivity contribution >= 4 is 0 Å². The quantitative estimate of drug-likeness (QED) is 0.139. The van der Waals surface area contributed by atoms with Gasteiger partial charge in [-0.15, -0.1) is 0 Å². The molecule has 0 saturated carbocycles. The Balaban J connectivity index is 0.00000143. The Morgan fingerprint density at radius 2 is 0.588 bits per heavy atom. The zero-order valence-corrected chi connectivity index (χ0v) is 87.4. The third kappa shape index (κ3) is 54.2. The minimum absolute atomic E-state index is 0. The molecule has 728 valence electrons. The van der Waals surface area contributed by atoms with Gasteiger partial charge in [-0.05, 0) is 360 Å². The van der Waals surface area contributed by atoms with Crippen molar-refractivity contribution in [1.29, 1.82) is 0 Å². The topological polar surface area (TPSA) is 46.0 Å². The molecule has 8 aromatic carbocycles. The Morgan fingerprint density at radius 3 is 1.06 bits per heavy atom. The smallest absolute Gasteiger partial charge is 0.161 e. The van der Waals surface area contributed by atoms with Crippen LogP contribution < -0.4 is 0 Å². The fraction of sp³-hybridized carbons (Fsp3) is 0.508. The molecule has 0 atom stereocenters. The summed E-state index contributed by atoms with van der Waals surface area (Å²) in [5, 5.41) is 9.41. The lowest BCUT2D eigenvalue weighted by atomic mass is 9.86. The van der Waals surface area contributed by atoms with E-state index in [0.717, 1.165) is 101 Å². The zero-order valence-electron chi connectivity index (χ0n) is 87.4. The van der Waals surface area contributed by atoms with Crippen molar-refractivity contribution in [3.05, 3.63) is 334 Å². The van der Waals surface area contributed by atoms with E-state index in [1.165, 1.54) is 88.3 Å². The predicted molar refractivity (Wildman–Crippen MR) is 542 cm³/mol. The first kappa shape index (κ1) is 122. The monoisotopic (exact) mass is 1820 g/mol. The molecular formula is C118H170F10N2O. The van der Waals surface area contributed by atoms with Crippen LogP contribution >= 0.6 is 0 Å². The number of aromatic hydroxyl groups is 1. The van der Waals surface area contributed by atoms with Gasteiger partial charge in [0.25, 0.3) is 0 Å². The zero-order chi connectivity index (χ0) is 101. The fourth-order valence-corrected chi connectivity index (χ4v) is 13.7. The third-order valence-corrected chi connectivity index (χ3v) is 20.1. The Hall–Kier alpha value is -8.84. The van der Waals surface area contributed by atoms with E-state index in [4.69, 9.17) is 0 Å². The van der Waals surface area contributed by atoms with Crippen molar-refractivity contribution in [1.82, 2.24) is 9.97 Å². The Morgan fingerprint density at radius 1 is 0.237 bits per heavy atom. The van der Waals surface area contributed by atoms with Crippen molar-refractivity contribution < 1.29 is 49.0 Å². The van der Waals surface area contributed by atoms with Crippen LogP contribution in [0.4, 0.5) is 43.9 Å². The molecule has 10 rings (SSSR count). The first-order chi connectivity index (χ1) is 58.9. The van der Waals surface area contributed by atoms with Crippen LogP contribution in [0.5, 0.6) is 5.75 Å². The van der Waals surface area contributed by atoms with E-state index >= 15 is 0 Å². The first-order valence-electron chi connectivity index (χ1n) is 45.8. The van der Waals surface area contributed by atoms with Crippen LogP contribution in [0.15, 0.2) is 170 Å². The number of hydrogen-bond donors (Lipinski definition) is 1. The highest BCUT2D eigenvalue weighted by atomic mass is 19.2. The average Bonchev–Trinajstić information content (AvgIpc) is 0.805. The largest absolute Gasteiger partial charge is 0.506 e. The average molecular weight is 1820 g/mol. The van der Waals surface area contributed by atoms with E-state index < -0.39 is 23.3 Å². The van der Waals surface area contributed by atoms with Crippen LogP contribution in [0.2, 0.25) is 0 Å². The molecule has 10 aromatic rings. The molecule has 1 N–H and O–H groups in total. The summed E-state index contributed by atoms with van der Waals surface area (Å²) in [5.41, 5.74) is 20.2. The van der Waals surface area contributed by atoms with Crippen molar-refractivity contribution in [2.24, 2.45) is 54.1 Å². The van der Waals surface area contributed by atoms with E-state index in [-0.39, 0.29) is 85.6 Å². The molecule has 0 bridgehead atoms. The first-order valence-corrected chi connectivity index (χ1v) is 45.8. The number of nitrogens with zero attached hydrogens (tertiary/aromatic N) is 2. The number of rotatable bonds is 10. The molecule has 2 heterocycles. The molecule has 0 radical (unpaired) electrons. The molecule has 0 unspecified atom stereocenters. The summed E-state index contributed by atoms with van der Waals surface area (Å²) < 4.78 is 131. The summed E-state index contributed by atoms with van der Waals surface area (Å²) in [6.07, 6.45) is 14.3. The number of halogens is 10. The molecule has 0 amide bonds. The Bertz CT molecular complexity index is 4910. The highest BCUT2D eigenvalue weighted by Gasteiger charge is 2.24. The second-order valence-corrected chi connectivity index (χ2v) is 47.2. The normalized spacial score (nSPS) is 11.7. The second-order valence-electron chi connectivity index (χ2n) is 47.2. The predicted octanol–water partition coefficient (Wildman–Crippen LogP) is 36.1. The van der Waals surface area contributed by atoms with Crippen LogP contribution in [-0.4, -0.2) is 15.1 Å². The Kier molecular flexibility index (Phi) is 49.7. The van der Waals surface area contributed by atoms with Gasteiger partial charge in [-0.25, -0.2) is 43.9 Å². The van der Waals surface area contributed by atoms with E-state index in [0.29, 0.717) is 51.7 Å². The summed E-state index contributed by atoms with van der Waals surface area (Å²) in [6, 6.07) is 42.3. The minimum Gasteiger partial charge on any atom is -0.506 e. The second kappa shape index (κ2) is 53.3. The molecule has 0 aliphatic rings. The minimum atomic E-state index is -0.764. The van der Waals surface area contributed by atoms with Gasteiger partial charge in [0, 0.05) is 24.7 Å². The molecule has 13 heteroatoms. The van der Waals surface area contributed by atoms with Crippen molar-refractivity contribution in [3.8, 4) is 5.75 Å². The van der Waals surface area contributed by atoms with Crippen LogP contribution in [-0.2, 0) is 64.2 Å². The summed E-state index contributed by atoms with van der Waals surface area (Å²) >= 11 is 0. The fourth-order valence-electron chi connectivity index (χ4n) is 13.7. The van der Waals surface area contributed by atoms with E-state index in [1.807, 2.05) is 85.1 Å². The lowest BCUT2D eigenvalue weighted by molar-refractivity contribution is 0.388. The van der Waals surface area contributed by atoms with Crippen LogP contribution in [0.25, 0.3) is 0 Å². The van der Waals surface area contributed by atoms with Crippen LogP contribution in [0, 0.1) is 175 Å². The lowest BCUT2D eigenvalue weighted by Gasteiger charge is -2.20. The van der Waals surface area contributed by atoms with Gasteiger partial charge in [0.1, 0.15) is 52.3 Å². The van der Waals surface area contributed by atoms with Crippen LogP contribution in [0.3, 0.4) is 0 Å². The molecule has 0 spiro atoms. The molecule has 3 nitrogen and oxygen atoms in total. The summed E-state index contributed by atoms with van der Waals surface area (Å²) in [7, 11) is 0. The van der Waals surface area contributed by atoms with Gasteiger partial charge >= 0.3 is 0 Å². The molecule has 131 heavy (non-hydrogen) atoms. The number of pyridine rings is 2. The summed E-state index contributed by atoms with van der Waals surface area (Å²) in [5.74, 6) is -3.21. The van der Waals surface area contributed by atoms with Gasteiger partial charge in [-0.1, -0.05) is 282 Å². The van der Waals surface area contributed by atoms with Gasteiger partial charge in [0.05, 0.1) is 5.69 Å². The van der Waals surface area contributed by atoms with Crippen molar-refractivity contribution in [2.75, 3.05) is 0 Å². The number of aromatic nitrogens is 2. The molecule has 2 aromatic heterocycles. The van der Waals surface area contributed by atoms with E-state index in [1.54, 1.807) is 69.4 Å². The maximum Gasteiger partial charge on any atom is 0.161 e. The molecular weight excluding hydrogens is 1650 g/mol. The lowest BCUT2D eigenvalue weighted by Crippen LogP contribution is -2.12. The maximum atomic E-state index is 13.4. The van der Waals surface area contributed by atoms with Crippen molar-refractivity contribution in [3.63, 3.8) is 0 Å². The van der Waals surface area contributed by atoms with Gasteiger partial charge in [0.15, 0.2) is 11.6 Å². The van der Waals surface area contributed by atoms with Gasteiger partial charge in [0.2, 0.25) is 0 Å². The third-order valence-electron chi connectivity index (χ3n) is 20.1. The Labute approximate surface area is 790 Å².